The Morgan fingerprint density at radius 2 is 2.12 bits per heavy atom. The van der Waals surface area contributed by atoms with Crippen LogP contribution in [0, 0.1) is 11.7 Å². The summed E-state index contributed by atoms with van der Waals surface area (Å²) in [7, 11) is -3.07. The van der Waals surface area contributed by atoms with Crippen LogP contribution < -0.4 is 0 Å². The van der Waals surface area contributed by atoms with Gasteiger partial charge in [-0.25, -0.2) is 12.8 Å². The van der Waals surface area contributed by atoms with Crippen LogP contribution in [0.4, 0.5) is 4.39 Å². The first-order chi connectivity index (χ1) is 12.0. The van der Waals surface area contributed by atoms with Gasteiger partial charge in [-0.3, -0.25) is 0 Å². The first-order valence-corrected chi connectivity index (χ1v) is 10.4. The lowest BCUT2D eigenvalue weighted by atomic mass is 9.88. The van der Waals surface area contributed by atoms with Crippen LogP contribution in [-0.2, 0) is 26.1 Å². The number of hydrogen-bond acceptors (Lipinski definition) is 4. The number of hydrogen-bond donors (Lipinski definition) is 0. The average molecular weight is 369 g/mol. The average Bonchev–Trinajstić information content (AvgIpc) is 3.31. The maximum absolute atomic E-state index is 13.1. The molecule has 5 nitrogen and oxygen atoms in total. The molecule has 3 fully saturated rings. The van der Waals surface area contributed by atoms with Crippen molar-refractivity contribution in [1.82, 2.24) is 4.31 Å². The number of rotatable bonds is 7. The van der Waals surface area contributed by atoms with Crippen LogP contribution in [0.25, 0.3) is 0 Å². The molecule has 2 saturated heterocycles. The zero-order valence-electron chi connectivity index (χ0n) is 14.2. The Morgan fingerprint density at radius 3 is 2.84 bits per heavy atom. The quantitative estimate of drug-likeness (QED) is 0.692. The van der Waals surface area contributed by atoms with Gasteiger partial charge in [0.25, 0.3) is 0 Å². The molecule has 2 aliphatic heterocycles. The lowest BCUT2D eigenvalue weighted by Gasteiger charge is -2.46. The number of ether oxygens (including phenoxy) is 2. The van der Waals surface area contributed by atoms with Crippen molar-refractivity contribution >= 4 is 10.0 Å². The molecular formula is C18H24FNO4S. The van der Waals surface area contributed by atoms with E-state index in [1.165, 1.54) is 12.1 Å². The summed E-state index contributed by atoms with van der Waals surface area (Å²) in [6, 6.07) is 6.43. The summed E-state index contributed by atoms with van der Waals surface area (Å²) in [4.78, 5) is 0. The molecule has 0 aromatic heterocycles. The molecule has 0 N–H and O–H groups in total. The van der Waals surface area contributed by atoms with Gasteiger partial charge in [0.2, 0.25) is 10.0 Å². The largest absolute Gasteiger partial charge is 0.377 e. The SMILES string of the molecule is O=S(=O)(C1CC1)N1CC2(CC(CCOCc3cccc(F)c3)CO2)C1. The Bertz CT molecular complexity index is 728. The normalized spacial score (nSPS) is 26.0. The molecule has 0 bridgehead atoms. The zero-order chi connectivity index (χ0) is 17.5. The molecule has 1 spiro atoms. The number of halogens is 1. The van der Waals surface area contributed by atoms with Crippen molar-refractivity contribution < 1.29 is 22.3 Å². The highest BCUT2D eigenvalue weighted by molar-refractivity contribution is 7.90. The van der Waals surface area contributed by atoms with Gasteiger partial charge in [0.15, 0.2) is 0 Å². The fourth-order valence-electron chi connectivity index (χ4n) is 3.76. The third-order valence-corrected chi connectivity index (χ3v) is 7.64. The van der Waals surface area contributed by atoms with Crippen LogP contribution in [0.2, 0.25) is 0 Å². The Hall–Kier alpha value is -1.02. The van der Waals surface area contributed by atoms with E-state index in [-0.39, 0.29) is 16.7 Å². The summed E-state index contributed by atoms with van der Waals surface area (Å²) in [6.45, 7) is 2.69. The standard InChI is InChI=1S/C18H24FNO4S/c19-16-3-1-2-14(8-16)10-23-7-6-15-9-18(24-11-15)12-20(13-18)25(21,22)17-4-5-17/h1-3,8,15,17H,4-7,9-13H2. The minimum absolute atomic E-state index is 0.140. The van der Waals surface area contributed by atoms with Gasteiger partial charge in [-0.05, 0) is 49.3 Å². The molecule has 1 aromatic carbocycles. The molecule has 7 heteroatoms. The Labute approximate surface area is 148 Å². The Kier molecular flexibility index (Phi) is 4.60. The molecule has 25 heavy (non-hydrogen) atoms. The number of benzene rings is 1. The Balaban J connectivity index is 1.18. The van der Waals surface area contributed by atoms with Crippen molar-refractivity contribution in [3.8, 4) is 0 Å². The van der Waals surface area contributed by atoms with E-state index in [9.17, 15) is 12.8 Å². The van der Waals surface area contributed by atoms with Crippen molar-refractivity contribution in [2.75, 3.05) is 26.3 Å². The third-order valence-electron chi connectivity index (χ3n) is 5.35. The van der Waals surface area contributed by atoms with Gasteiger partial charge in [0, 0.05) is 19.7 Å². The van der Waals surface area contributed by atoms with Gasteiger partial charge in [-0.1, -0.05) is 12.1 Å². The first kappa shape index (κ1) is 17.4. The van der Waals surface area contributed by atoms with Gasteiger partial charge >= 0.3 is 0 Å². The van der Waals surface area contributed by atoms with Gasteiger partial charge < -0.3 is 9.47 Å². The van der Waals surface area contributed by atoms with Crippen LogP contribution in [-0.4, -0.2) is 49.9 Å². The first-order valence-electron chi connectivity index (χ1n) is 8.92. The predicted octanol–water partition coefficient (Wildman–Crippen LogP) is 2.32. The van der Waals surface area contributed by atoms with Crippen LogP contribution in [0.3, 0.4) is 0 Å². The summed E-state index contributed by atoms with van der Waals surface area (Å²) in [5.41, 5.74) is 0.564. The third kappa shape index (κ3) is 3.74. The van der Waals surface area contributed by atoms with Crippen LogP contribution in [0.5, 0.6) is 0 Å². The van der Waals surface area contributed by atoms with Crippen molar-refractivity contribution in [2.45, 2.75) is 43.1 Å². The van der Waals surface area contributed by atoms with E-state index < -0.39 is 10.0 Å². The highest BCUT2D eigenvalue weighted by atomic mass is 32.2. The molecule has 0 amide bonds. The lowest BCUT2D eigenvalue weighted by molar-refractivity contribution is -0.0774. The predicted molar refractivity (Wildman–Crippen MR) is 91.0 cm³/mol. The van der Waals surface area contributed by atoms with Crippen LogP contribution in [0.1, 0.15) is 31.2 Å². The van der Waals surface area contributed by atoms with E-state index in [0.29, 0.717) is 38.8 Å². The van der Waals surface area contributed by atoms with Gasteiger partial charge in [-0.15, -0.1) is 0 Å². The lowest BCUT2D eigenvalue weighted by Crippen LogP contribution is -2.63. The highest BCUT2D eigenvalue weighted by Gasteiger charge is 2.55. The molecular weight excluding hydrogens is 345 g/mol. The van der Waals surface area contributed by atoms with Crippen LogP contribution in [0.15, 0.2) is 24.3 Å². The number of sulfonamides is 1. The molecule has 1 saturated carbocycles. The topological polar surface area (TPSA) is 55.8 Å². The second kappa shape index (κ2) is 6.61. The molecule has 3 aliphatic rings. The van der Waals surface area contributed by atoms with Gasteiger partial charge in [0.05, 0.1) is 24.1 Å². The second-order valence-corrected chi connectivity index (χ2v) is 9.76. The molecule has 138 valence electrons. The summed E-state index contributed by atoms with van der Waals surface area (Å²) >= 11 is 0. The molecule has 0 radical (unpaired) electrons. The Morgan fingerprint density at radius 1 is 1.32 bits per heavy atom. The summed E-state index contributed by atoms with van der Waals surface area (Å²) in [5.74, 6) is 0.154. The fraction of sp³-hybridized carbons (Fsp3) is 0.667. The summed E-state index contributed by atoms with van der Waals surface area (Å²) in [5, 5.41) is -0.140. The van der Waals surface area contributed by atoms with E-state index in [0.717, 1.165) is 31.2 Å². The number of nitrogens with zero attached hydrogens (tertiary/aromatic N) is 1. The molecule has 1 atom stereocenters. The monoisotopic (exact) mass is 369 g/mol. The minimum atomic E-state index is -3.07. The van der Waals surface area contributed by atoms with Gasteiger partial charge in [0.1, 0.15) is 5.82 Å². The molecule has 1 unspecified atom stereocenters. The molecule has 1 aliphatic carbocycles. The summed E-state index contributed by atoms with van der Waals surface area (Å²) < 4.78 is 50.7. The molecule has 1 aromatic rings. The maximum Gasteiger partial charge on any atom is 0.217 e. The smallest absolute Gasteiger partial charge is 0.217 e. The zero-order valence-corrected chi connectivity index (χ0v) is 15.0. The molecule has 4 rings (SSSR count). The van der Waals surface area contributed by atoms with E-state index in [4.69, 9.17) is 9.47 Å². The molecule has 2 heterocycles. The highest BCUT2D eigenvalue weighted by Crippen LogP contribution is 2.43. The van der Waals surface area contributed by atoms with Gasteiger partial charge in [-0.2, -0.15) is 4.31 Å². The van der Waals surface area contributed by atoms with Crippen molar-refractivity contribution in [3.05, 3.63) is 35.6 Å². The van der Waals surface area contributed by atoms with Crippen molar-refractivity contribution in [2.24, 2.45) is 5.92 Å². The second-order valence-electron chi connectivity index (χ2n) is 7.55. The van der Waals surface area contributed by atoms with Crippen LogP contribution >= 0.6 is 0 Å². The van der Waals surface area contributed by atoms with E-state index >= 15 is 0 Å². The minimum Gasteiger partial charge on any atom is -0.377 e. The van der Waals surface area contributed by atoms with E-state index in [2.05, 4.69) is 0 Å². The van der Waals surface area contributed by atoms with Crippen molar-refractivity contribution in [1.29, 1.82) is 0 Å². The van der Waals surface area contributed by atoms with Crippen molar-refractivity contribution in [3.63, 3.8) is 0 Å². The van der Waals surface area contributed by atoms with E-state index in [1.54, 1.807) is 10.4 Å². The maximum atomic E-state index is 13.1. The van der Waals surface area contributed by atoms with E-state index in [1.807, 2.05) is 6.07 Å². The summed E-state index contributed by atoms with van der Waals surface area (Å²) in [6.07, 6.45) is 3.38. The fourth-order valence-corrected chi connectivity index (χ4v) is 5.75.